The SMILES string of the molecule is CCCCCCC(C(=O)OC)C(F)(F)Br. The van der Waals surface area contributed by atoms with E-state index in [0.717, 1.165) is 26.4 Å². The Morgan fingerprint density at radius 3 is 2.40 bits per heavy atom. The van der Waals surface area contributed by atoms with Crippen LogP contribution >= 0.6 is 15.9 Å². The van der Waals surface area contributed by atoms with Gasteiger partial charge in [0.15, 0.2) is 0 Å². The molecular weight excluding hydrogens is 270 g/mol. The summed E-state index contributed by atoms with van der Waals surface area (Å²) in [6.07, 6.45) is 3.68. The van der Waals surface area contributed by atoms with Gasteiger partial charge in [0.1, 0.15) is 5.92 Å². The van der Waals surface area contributed by atoms with Crippen molar-refractivity contribution in [3.05, 3.63) is 0 Å². The van der Waals surface area contributed by atoms with Gasteiger partial charge in [-0.3, -0.25) is 4.79 Å². The summed E-state index contributed by atoms with van der Waals surface area (Å²) < 4.78 is 30.2. The van der Waals surface area contributed by atoms with Crippen molar-refractivity contribution in [1.29, 1.82) is 0 Å². The third-order valence-electron chi connectivity index (χ3n) is 2.23. The first-order valence-electron chi connectivity index (χ1n) is 5.08. The third kappa shape index (κ3) is 6.07. The maximum absolute atomic E-state index is 12.9. The fourth-order valence-corrected chi connectivity index (χ4v) is 1.75. The minimum absolute atomic E-state index is 0.158. The fourth-order valence-electron chi connectivity index (χ4n) is 1.33. The predicted molar refractivity (Wildman–Crippen MR) is 58.1 cm³/mol. The lowest BCUT2D eigenvalue weighted by atomic mass is 10.0. The van der Waals surface area contributed by atoms with E-state index in [1.807, 2.05) is 6.92 Å². The molecule has 0 aliphatic heterocycles. The molecule has 0 fully saturated rings. The zero-order valence-corrected chi connectivity index (χ0v) is 10.6. The second-order valence-corrected chi connectivity index (χ2v) is 4.52. The predicted octanol–water partition coefficient (Wildman–Crippen LogP) is 3.73. The standard InChI is InChI=1S/C10H17BrF2O2/c1-3-4-5-6-7-8(9(14)15-2)10(11,12)13/h8H,3-7H2,1-2H3. The summed E-state index contributed by atoms with van der Waals surface area (Å²) >= 11 is 2.22. The van der Waals surface area contributed by atoms with Crippen molar-refractivity contribution >= 4 is 21.9 Å². The molecule has 0 N–H and O–H groups in total. The van der Waals surface area contributed by atoms with Crippen molar-refractivity contribution in [2.75, 3.05) is 7.11 Å². The van der Waals surface area contributed by atoms with Gasteiger partial charge in [0.05, 0.1) is 7.11 Å². The Bertz CT molecular complexity index is 192. The molecule has 0 rings (SSSR count). The summed E-state index contributed by atoms with van der Waals surface area (Å²) in [4.78, 5) is 7.92. The van der Waals surface area contributed by atoms with Gasteiger partial charge in [-0.25, -0.2) is 0 Å². The van der Waals surface area contributed by atoms with Crippen LogP contribution in [0.4, 0.5) is 8.78 Å². The monoisotopic (exact) mass is 286 g/mol. The molecule has 0 aromatic carbocycles. The molecule has 90 valence electrons. The van der Waals surface area contributed by atoms with E-state index in [9.17, 15) is 13.6 Å². The molecule has 0 bridgehead atoms. The van der Waals surface area contributed by atoms with Gasteiger partial charge < -0.3 is 4.74 Å². The number of rotatable bonds is 7. The fraction of sp³-hybridized carbons (Fsp3) is 0.900. The number of esters is 1. The first kappa shape index (κ1) is 14.8. The van der Waals surface area contributed by atoms with E-state index in [-0.39, 0.29) is 6.42 Å². The summed E-state index contributed by atoms with van der Waals surface area (Å²) in [5.41, 5.74) is 0. The van der Waals surface area contributed by atoms with E-state index < -0.39 is 16.7 Å². The highest BCUT2D eigenvalue weighted by Crippen LogP contribution is 2.35. The molecular formula is C10H17BrF2O2. The van der Waals surface area contributed by atoms with Gasteiger partial charge in [0, 0.05) is 0 Å². The molecule has 0 amide bonds. The first-order valence-corrected chi connectivity index (χ1v) is 5.87. The van der Waals surface area contributed by atoms with Crippen LogP contribution in [0.5, 0.6) is 0 Å². The number of hydrogen-bond donors (Lipinski definition) is 0. The third-order valence-corrected chi connectivity index (χ3v) is 2.78. The van der Waals surface area contributed by atoms with Crippen LogP contribution in [0.25, 0.3) is 0 Å². The van der Waals surface area contributed by atoms with Gasteiger partial charge in [-0.1, -0.05) is 32.6 Å². The van der Waals surface area contributed by atoms with Crippen LogP contribution in [-0.2, 0) is 9.53 Å². The molecule has 1 atom stereocenters. The van der Waals surface area contributed by atoms with Gasteiger partial charge in [0.2, 0.25) is 0 Å². The Morgan fingerprint density at radius 1 is 1.40 bits per heavy atom. The highest BCUT2D eigenvalue weighted by molar-refractivity contribution is 9.10. The number of methoxy groups -OCH3 is 1. The molecule has 0 aromatic heterocycles. The first-order chi connectivity index (χ1) is 6.93. The van der Waals surface area contributed by atoms with Crippen molar-refractivity contribution < 1.29 is 18.3 Å². The summed E-state index contributed by atoms with van der Waals surface area (Å²) in [5, 5.41) is 0. The minimum atomic E-state index is -3.17. The zero-order valence-electron chi connectivity index (χ0n) is 9.06. The lowest BCUT2D eigenvalue weighted by Crippen LogP contribution is -2.30. The summed E-state index contributed by atoms with van der Waals surface area (Å²) in [7, 11) is 1.13. The molecule has 0 aliphatic rings. The number of unbranched alkanes of at least 4 members (excludes halogenated alkanes) is 3. The summed E-state index contributed by atoms with van der Waals surface area (Å²) in [5.74, 6) is -2.23. The number of carbonyl (C=O) groups is 1. The van der Waals surface area contributed by atoms with Crippen molar-refractivity contribution in [3.63, 3.8) is 0 Å². The molecule has 0 spiro atoms. The normalized spacial score (nSPS) is 13.7. The summed E-state index contributed by atoms with van der Waals surface area (Å²) in [6, 6.07) is 0. The number of alkyl halides is 3. The van der Waals surface area contributed by atoms with Crippen LogP contribution in [0.15, 0.2) is 0 Å². The van der Waals surface area contributed by atoms with E-state index in [1.54, 1.807) is 0 Å². The average Bonchev–Trinajstić information content (AvgIpc) is 2.15. The Hall–Kier alpha value is -0.190. The molecule has 5 heteroatoms. The van der Waals surface area contributed by atoms with Crippen LogP contribution in [-0.4, -0.2) is 17.9 Å². The molecule has 0 saturated heterocycles. The highest BCUT2D eigenvalue weighted by Gasteiger charge is 2.42. The van der Waals surface area contributed by atoms with Gasteiger partial charge in [-0.15, -0.1) is 0 Å². The van der Waals surface area contributed by atoms with Gasteiger partial charge in [-0.2, -0.15) is 8.78 Å². The van der Waals surface area contributed by atoms with Crippen LogP contribution in [0, 0.1) is 5.92 Å². The second kappa shape index (κ2) is 7.14. The molecule has 0 radical (unpaired) electrons. The van der Waals surface area contributed by atoms with Crippen molar-refractivity contribution in [2.24, 2.45) is 5.92 Å². The van der Waals surface area contributed by atoms with E-state index in [4.69, 9.17) is 0 Å². The topological polar surface area (TPSA) is 26.3 Å². The molecule has 2 nitrogen and oxygen atoms in total. The Morgan fingerprint density at radius 2 is 2.00 bits per heavy atom. The Balaban J connectivity index is 4.09. The average molecular weight is 287 g/mol. The zero-order chi connectivity index (χ0) is 11.9. The van der Waals surface area contributed by atoms with E-state index >= 15 is 0 Å². The van der Waals surface area contributed by atoms with Gasteiger partial charge >= 0.3 is 10.8 Å². The lowest BCUT2D eigenvalue weighted by Gasteiger charge is -2.19. The summed E-state index contributed by atoms with van der Waals surface area (Å²) in [6.45, 7) is 2.04. The number of hydrogen-bond acceptors (Lipinski definition) is 2. The minimum Gasteiger partial charge on any atom is -0.469 e. The molecule has 15 heavy (non-hydrogen) atoms. The van der Waals surface area contributed by atoms with Crippen molar-refractivity contribution in [3.8, 4) is 0 Å². The van der Waals surface area contributed by atoms with Gasteiger partial charge in [-0.05, 0) is 22.4 Å². The molecule has 0 saturated carbocycles. The maximum atomic E-state index is 12.9. The van der Waals surface area contributed by atoms with Gasteiger partial charge in [0.25, 0.3) is 0 Å². The second-order valence-electron chi connectivity index (χ2n) is 3.47. The van der Waals surface area contributed by atoms with Crippen molar-refractivity contribution in [2.45, 2.75) is 43.9 Å². The Kier molecular flexibility index (Phi) is 7.05. The number of ether oxygens (including phenoxy) is 1. The molecule has 0 aromatic rings. The number of carbonyl (C=O) groups excluding carboxylic acids is 1. The van der Waals surface area contributed by atoms with E-state index in [2.05, 4.69) is 20.7 Å². The van der Waals surface area contributed by atoms with Crippen LogP contribution in [0.3, 0.4) is 0 Å². The molecule has 0 aliphatic carbocycles. The van der Waals surface area contributed by atoms with Crippen LogP contribution < -0.4 is 0 Å². The van der Waals surface area contributed by atoms with E-state index in [1.165, 1.54) is 0 Å². The number of halogens is 3. The largest absolute Gasteiger partial charge is 0.469 e. The quantitative estimate of drug-likeness (QED) is 0.405. The Labute approximate surface area is 97.5 Å². The highest BCUT2D eigenvalue weighted by atomic mass is 79.9. The maximum Gasteiger partial charge on any atom is 0.315 e. The lowest BCUT2D eigenvalue weighted by molar-refractivity contribution is -0.152. The smallest absolute Gasteiger partial charge is 0.315 e. The van der Waals surface area contributed by atoms with E-state index in [0.29, 0.717) is 6.42 Å². The van der Waals surface area contributed by atoms with Crippen LogP contribution in [0.1, 0.15) is 39.0 Å². The molecule has 1 unspecified atom stereocenters. The molecule has 0 heterocycles. The van der Waals surface area contributed by atoms with Crippen molar-refractivity contribution in [1.82, 2.24) is 0 Å². The van der Waals surface area contributed by atoms with Crippen LogP contribution in [0.2, 0.25) is 0 Å².